The summed E-state index contributed by atoms with van der Waals surface area (Å²) in [6.07, 6.45) is 3.42. The fraction of sp³-hybridized carbons (Fsp3) is 0.923. The van der Waals surface area contributed by atoms with E-state index in [1.807, 2.05) is 27.7 Å². The standard InChI is InChI=1S/C26H52N2O6/c1-21(19-25(3,4)5)33-17-15-31-13-14-32-16-18-34-22(2)20-27-23(29)11-9-10-12-24(30)28-26(6,7)8/h21-22H,9-20H2,1-8H3,(H,27,29)(H,28,30). The van der Waals surface area contributed by atoms with Crippen molar-refractivity contribution in [2.45, 2.75) is 105 Å². The van der Waals surface area contributed by atoms with Gasteiger partial charge in [-0.05, 0) is 59.3 Å². The first-order valence-electron chi connectivity index (χ1n) is 12.7. The smallest absolute Gasteiger partial charge is 0.220 e. The lowest BCUT2D eigenvalue weighted by molar-refractivity contribution is -0.124. The van der Waals surface area contributed by atoms with Crippen LogP contribution in [-0.2, 0) is 28.5 Å². The Morgan fingerprint density at radius 3 is 1.68 bits per heavy atom. The summed E-state index contributed by atoms with van der Waals surface area (Å²) in [5.74, 6) is 0.0100. The first-order chi connectivity index (χ1) is 15.8. The van der Waals surface area contributed by atoms with E-state index in [2.05, 4.69) is 38.3 Å². The number of carbonyl (C=O) groups excluding carboxylic acids is 2. The van der Waals surface area contributed by atoms with Gasteiger partial charge in [-0.25, -0.2) is 0 Å². The van der Waals surface area contributed by atoms with Gasteiger partial charge in [-0.1, -0.05) is 20.8 Å². The van der Waals surface area contributed by atoms with E-state index >= 15 is 0 Å². The van der Waals surface area contributed by atoms with E-state index in [-0.39, 0.29) is 35.0 Å². The highest BCUT2D eigenvalue weighted by atomic mass is 16.6. The maximum atomic E-state index is 11.9. The number of nitrogens with one attached hydrogen (secondary N) is 2. The molecule has 0 aromatic heterocycles. The van der Waals surface area contributed by atoms with Crippen molar-refractivity contribution in [1.82, 2.24) is 10.6 Å². The molecule has 0 aliphatic carbocycles. The largest absolute Gasteiger partial charge is 0.377 e. The third-order valence-electron chi connectivity index (χ3n) is 4.69. The molecule has 0 aliphatic rings. The van der Waals surface area contributed by atoms with Crippen molar-refractivity contribution in [3.63, 3.8) is 0 Å². The zero-order chi connectivity index (χ0) is 26.0. The molecule has 8 nitrogen and oxygen atoms in total. The third kappa shape index (κ3) is 23.9. The van der Waals surface area contributed by atoms with Crippen LogP contribution in [0.5, 0.6) is 0 Å². The van der Waals surface area contributed by atoms with Gasteiger partial charge in [-0.3, -0.25) is 9.59 Å². The molecule has 0 saturated heterocycles. The number of unbranched alkanes of at least 4 members (excludes halogenated alkanes) is 1. The van der Waals surface area contributed by atoms with E-state index in [9.17, 15) is 9.59 Å². The van der Waals surface area contributed by atoms with Crippen molar-refractivity contribution in [3.8, 4) is 0 Å². The summed E-state index contributed by atoms with van der Waals surface area (Å²) in [6, 6.07) is 0. The van der Waals surface area contributed by atoms with E-state index < -0.39 is 0 Å². The summed E-state index contributed by atoms with van der Waals surface area (Å²) in [4.78, 5) is 23.7. The minimum atomic E-state index is -0.219. The Hall–Kier alpha value is -1.22. The van der Waals surface area contributed by atoms with Gasteiger partial charge >= 0.3 is 0 Å². The van der Waals surface area contributed by atoms with Gasteiger partial charge in [0.25, 0.3) is 0 Å². The Morgan fingerprint density at radius 1 is 0.706 bits per heavy atom. The minimum absolute atomic E-state index is 0.0168. The van der Waals surface area contributed by atoms with Crippen LogP contribution in [0, 0.1) is 5.41 Å². The molecule has 0 spiro atoms. The summed E-state index contributed by atoms with van der Waals surface area (Å²) in [5, 5.41) is 5.79. The number of carbonyl (C=O) groups is 2. The van der Waals surface area contributed by atoms with Crippen molar-refractivity contribution in [1.29, 1.82) is 0 Å². The molecular formula is C26H52N2O6. The van der Waals surface area contributed by atoms with Gasteiger partial charge in [0.2, 0.25) is 11.8 Å². The second-order valence-electron chi connectivity index (χ2n) is 11.2. The first-order valence-corrected chi connectivity index (χ1v) is 12.7. The molecule has 34 heavy (non-hydrogen) atoms. The molecule has 2 amide bonds. The molecule has 0 aromatic carbocycles. The molecule has 8 heteroatoms. The maximum Gasteiger partial charge on any atom is 0.220 e. The van der Waals surface area contributed by atoms with Crippen molar-refractivity contribution < 1.29 is 28.5 Å². The highest BCUT2D eigenvalue weighted by molar-refractivity contribution is 5.77. The SMILES string of the molecule is CC(CNC(=O)CCCCC(=O)NC(C)(C)C)OCCOCCOCCOC(C)CC(C)(C)C. The van der Waals surface area contributed by atoms with Crippen LogP contribution in [-0.4, -0.2) is 75.7 Å². The monoisotopic (exact) mass is 488 g/mol. The molecule has 2 atom stereocenters. The Kier molecular flexibility index (Phi) is 17.5. The Labute approximate surface area is 208 Å². The van der Waals surface area contributed by atoms with E-state index in [4.69, 9.17) is 18.9 Å². The maximum absolute atomic E-state index is 11.9. The fourth-order valence-corrected chi connectivity index (χ4v) is 3.32. The molecule has 0 bridgehead atoms. The zero-order valence-corrected chi connectivity index (χ0v) is 23.1. The summed E-state index contributed by atoms with van der Waals surface area (Å²) < 4.78 is 22.4. The summed E-state index contributed by atoms with van der Waals surface area (Å²) in [6.45, 7) is 20.1. The van der Waals surface area contributed by atoms with Gasteiger partial charge in [-0.2, -0.15) is 0 Å². The van der Waals surface area contributed by atoms with Gasteiger partial charge in [0.15, 0.2) is 0 Å². The number of rotatable bonds is 19. The van der Waals surface area contributed by atoms with Gasteiger partial charge in [0.05, 0.1) is 51.8 Å². The van der Waals surface area contributed by atoms with E-state index in [1.54, 1.807) is 0 Å². The highest BCUT2D eigenvalue weighted by Gasteiger charge is 2.15. The van der Waals surface area contributed by atoms with Crippen LogP contribution in [0.1, 0.15) is 87.5 Å². The van der Waals surface area contributed by atoms with E-state index in [0.717, 1.165) is 6.42 Å². The molecule has 0 aromatic rings. The summed E-state index contributed by atoms with van der Waals surface area (Å²) in [5.41, 5.74) is 0.0506. The highest BCUT2D eigenvalue weighted by Crippen LogP contribution is 2.21. The second kappa shape index (κ2) is 18.1. The zero-order valence-electron chi connectivity index (χ0n) is 23.1. The Balaban J connectivity index is 3.51. The molecule has 202 valence electrons. The van der Waals surface area contributed by atoms with Gasteiger partial charge < -0.3 is 29.6 Å². The van der Waals surface area contributed by atoms with E-state index in [0.29, 0.717) is 71.9 Å². The van der Waals surface area contributed by atoms with Crippen molar-refractivity contribution >= 4 is 11.8 Å². The third-order valence-corrected chi connectivity index (χ3v) is 4.69. The summed E-state index contributed by atoms with van der Waals surface area (Å²) in [7, 11) is 0. The molecule has 2 unspecified atom stereocenters. The normalized spacial score (nSPS) is 14.0. The summed E-state index contributed by atoms with van der Waals surface area (Å²) >= 11 is 0. The first kappa shape index (κ1) is 32.8. The second-order valence-corrected chi connectivity index (χ2v) is 11.2. The average Bonchev–Trinajstić information content (AvgIpc) is 2.68. The van der Waals surface area contributed by atoms with Crippen molar-refractivity contribution in [3.05, 3.63) is 0 Å². The van der Waals surface area contributed by atoms with Crippen LogP contribution in [0.4, 0.5) is 0 Å². The minimum Gasteiger partial charge on any atom is -0.377 e. The fourth-order valence-electron chi connectivity index (χ4n) is 3.32. The molecular weight excluding hydrogens is 436 g/mol. The average molecular weight is 489 g/mol. The van der Waals surface area contributed by atoms with Crippen LogP contribution < -0.4 is 10.6 Å². The number of ether oxygens (including phenoxy) is 4. The topological polar surface area (TPSA) is 95.1 Å². The Bertz CT molecular complexity index is 542. The van der Waals surface area contributed by atoms with Crippen molar-refractivity contribution in [2.75, 3.05) is 46.2 Å². The lowest BCUT2D eigenvalue weighted by Gasteiger charge is -2.23. The number of hydrogen-bond acceptors (Lipinski definition) is 6. The molecule has 0 aliphatic heterocycles. The van der Waals surface area contributed by atoms with Crippen LogP contribution >= 0.6 is 0 Å². The number of amides is 2. The molecule has 0 fully saturated rings. The Morgan fingerprint density at radius 2 is 1.18 bits per heavy atom. The predicted octanol–water partition coefficient (Wildman–Crippen LogP) is 3.86. The van der Waals surface area contributed by atoms with Gasteiger partial charge in [-0.15, -0.1) is 0 Å². The quantitative estimate of drug-likeness (QED) is 0.268. The van der Waals surface area contributed by atoms with Crippen LogP contribution in [0.3, 0.4) is 0 Å². The lowest BCUT2D eigenvalue weighted by atomic mass is 9.90. The molecule has 0 rings (SSSR count). The molecule has 0 radical (unpaired) electrons. The van der Waals surface area contributed by atoms with Gasteiger partial charge in [0, 0.05) is 24.9 Å². The van der Waals surface area contributed by atoms with Crippen LogP contribution in [0.15, 0.2) is 0 Å². The van der Waals surface area contributed by atoms with Crippen LogP contribution in [0.2, 0.25) is 0 Å². The van der Waals surface area contributed by atoms with Crippen LogP contribution in [0.25, 0.3) is 0 Å². The number of hydrogen-bond donors (Lipinski definition) is 2. The molecule has 2 N–H and O–H groups in total. The van der Waals surface area contributed by atoms with Crippen molar-refractivity contribution in [2.24, 2.45) is 5.41 Å². The molecule has 0 heterocycles. The lowest BCUT2D eigenvalue weighted by Crippen LogP contribution is -2.40. The molecule has 0 saturated carbocycles. The van der Waals surface area contributed by atoms with Gasteiger partial charge in [0.1, 0.15) is 0 Å². The van der Waals surface area contributed by atoms with E-state index in [1.165, 1.54) is 0 Å². The predicted molar refractivity (Wildman–Crippen MR) is 136 cm³/mol.